The smallest absolute Gasteiger partial charge is 0.232 e. The van der Waals surface area contributed by atoms with Gasteiger partial charge < -0.3 is 15.8 Å². The van der Waals surface area contributed by atoms with Crippen molar-refractivity contribution in [2.45, 2.75) is 6.42 Å². The first-order valence-corrected chi connectivity index (χ1v) is 7.30. The summed E-state index contributed by atoms with van der Waals surface area (Å²) < 4.78 is 5.43. The molecule has 0 aliphatic heterocycles. The normalized spacial score (nSPS) is 11.2. The number of hydrogen-bond acceptors (Lipinski definition) is 4. The third kappa shape index (κ3) is 5.57. The summed E-state index contributed by atoms with van der Waals surface area (Å²) in [6.45, 7) is 1.50. The summed E-state index contributed by atoms with van der Waals surface area (Å²) in [5.74, 6) is 0.795. The van der Waals surface area contributed by atoms with Gasteiger partial charge in [0.05, 0.1) is 6.54 Å². The largest absolute Gasteiger partial charge is 0.475 e. The summed E-state index contributed by atoms with van der Waals surface area (Å²) in [4.78, 5) is 12.5. The van der Waals surface area contributed by atoms with Gasteiger partial charge in [0.1, 0.15) is 11.6 Å². The molecule has 0 atom stereocenters. The molecule has 2 aromatic rings. The van der Waals surface area contributed by atoms with Gasteiger partial charge in [-0.1, -0.05) is 17.7 Å². The van der Waals surface area contributed by atoms with Crippen molar-refractivity contribution in [3.05, 3.63) is 53.4 Å². The highest BCUT2D eigenvalue weighted by Gasteiger charge is 2.01. The fraction of sp³-hybridized carbons (Fsp3) is 0.267. The van der Waals surface area contributed by atoms with E-state index in [0.717, 1.165) is 12.1 Å². The first-order chi connectivity index (χ1) is 10.8. The molecule has 0 radical (unpaired) electrons. The molecule has 2 heterocycles. The van der Waals surface area contributed by atoms with Crippen LogP contribution in [-0.4, -0.2) is 35.6 Å². The maximum Gasteiger partial charge on any atom is 0.232 e. The maximum atomic E-state index is 5.93. The van der Waals surface area contributed by atoms with Gasteiger partial charge in [-0.2, -0.15) is 0 Å². The van der Waals surface area contributed by atoms with Crippen LogP contribution in [-0.2, 0) is 6.42 Å². The van der Waals surface area contributed by atoms with Crippen molar-refractivity contribution < 1.29 is 4.74 Å². The van der Waals surface area contributed by atoms with Gasteiger partial charge in [0.25, 0.3) is 0 Å². The van der Waals surface area contributed by atoms with Crippen molar-refractivity contribution in [3.63, 3.8) is 0 Å². The van der Waals surface area contributed by atoms with Gasteiger partial charge in [0, 0.05) is 31.1 Å². The summed E-state index contributed by atoms with van der Waals surface area (Å²) in [7, 11) is 0. The van der Waals surface area contributed by atoms with E-state index < -0.39 is 0 Å². The second kappa shape index (κ2) is 8.84. The predicted molar refractivity (Wildman–Crippen MR) is 87.2 cm³/mol. The van der Waals surface area contributed by atoms with Gasteiger partial charge >= 0.3 is 0 Å². The summed E-state index contributed by atoms with van der Waals surface area (Å²) in [6.07, 6.45) is 4.14. The first-order valence-electron chi connectivity index (χ1n) is 6.93. The molecule has 0 spiro atoms. The van der Waals surface area contributed by atoms with E-state index in [2.05, 4.69) is 20.3 Å². The van der Waals surface area contributed by atoms with Crippen molar-refractivity contribution >= 4 is 17.6 Å². The zero-order valence-electron chi connectivity index (χ0n) is 12.1. The lowest BCUT2D eigenvalue weighted by Crippen LogP contribution is -2.35. The Balaban J connectivity index is 1.64. The van der Waals surface area contributed by atoms with Gasteiger partial charge in [-0.3, -0.25) is 9.98 Å². The number of aliphatic imine (C=N–C) groups is 1. The third-order valence-electron chi connectivity index (χ3n) is 2.75. The molecule has 0 saturated carbocycles. The predicted octanol–water partition coefficient (Wildman–Crippen LogP) is 1.66. The zero-order valence-corrected chi connectivity index (χ0v) is 12.8. The fourth-order valence-electron chi connectivity index (χ4n) is 1.70. The third-order valence-corrected chi connectivity index (χ3v) is 3.04. The van der Waals surface area contributed by atoms with Crippen molar-refractivity contribution in [1.29, 1.82) is 0 Å². The topological polar surface area (TPSA) is 85.4 Å². The van der Waals surface area contributed by atoms with Gasteiger partial charge in [0.2, 0.25) is 5.88 Å². The van der Waals surface area contributed by atoms with Crippen molar-refractivity contribution in [1.82, 2.24) is 15.3 Å². The first kappa shape index (κ1) is 16.0. The van der Waals surface area contributed by atoms with E-state index in [1.54, 1.807) is 24.5 Å². The molecule has 0 aliphatic carbocycles. The molecule has 0 unspecified atom stereocenters. The molecule has 6 nitrogen and oxygen atoms in total. The second-order valence-electron chi connectivity index (χ2n) is 4.40. The number of ether oxygens (including phenoxy) is 1. The van der Waals surface area contributed by atoms with E-state index in [1.165, 1.54) is 0 Å². The van der Waals surface area contributed by atoms with E-state index in [1.807, 2.05) is 18.2 Å². The van der Waals surface area contributed by atoms with Crippen molar-refractivity contribution in [3.8, 4) is 5.88 Å². The number of halogens is 1. The molecule has 22 heavy (non-hydrogen) atoms. The van der Waals surface area contributed by atoms with Gasteiger partial charge in [-0.05, 0) is 24.3 Å². The van der Waals surface area contributed by atoms with Gasteiger partial charge in [-0.15, -0.1) is 0 Å². The highest BCUT2D eigenvalue weighted by atomic mass is 35.5. The standard InChI is InChI=1S/C15H18ClN5O/c16-13-5-3-8-19-14(13)22-11-10-21-15(17)20-9-6-12-4-1-2-7-18-12/h1-5,7-8H,6,9-11H2,(H3,17,20,21). The van der Waals surface area contributed by atoms with Crippen LogP contribution in [0.1, 0.15) is 5.69 Å². The molecular formula is C15H18ClN5O. The Bertz CT molecular complexity index is 606. The Labute approximate surface area is 134 Å². The summed E-state index contributed by atoms with van der Waals surface area (Å²) in [5, 5.41) is 3.46. The van der Waals surface area contributed by atoms with Crippen LogP contribution in [0.3, 0.4) is 0 Å². The van der Waals surface area contributed by atoms with E-state index in [0.29, 0.717) is 36.6 Å². The van der Waals surface area contributed by atoms with Gasteiger partial charge in [-0.25, -0.2) is 4.98 Å². The molecule has 0 fully saturated rings. The minimum atomic E-state index is 0.381. The monoisotopic (exact) mass is 319 g/mol. The summed E-state index contributed by atoms with van der Waals surface area (Å²) in [6, 6.07) is 9.28. The molecule has 0 aliphatic rings. The van der Waals surface area contributed by atoms with E-state index in [-0.39, 0.29) is 0 Å². The molecule has 2 aromatic heterocycles. The van der Waals surface area contributed by atoms with Crippen LogP contribution >= 0.6 is 11.6 Å². The Morgan fingerprint density at radius 2 is 2.09 bits per heavy atom. The number of hydrogen-bond donors (Lipinski definition) is 2. The SMILES string of the molecule is NC(=NCCc1ccccn1)NCCOc1ncccc1Cl. The van der Waals surface area contributed by atoms with Crippen LogP contribution in [0.2, 0.25) is 5.02 Å². The zero-order chi connectivity index (χ0) is 15.6. The highest BCUT2D eigenvalue weighted by molar-refractivity contribution is 6.31. The van der Waals surface area contributed by atoms with Crippen LogP contribution in [0.25, 0.3) is 0 Å². The molecule has 0 aromatic carbocycles. The second-order valence-corrected chi connectivity index (χ2v) is 4.81. The highest BCUT2D eigenvalue weighted by Crippen LogP contribution is 2.19. The molecule has 7 heteroatoms. The number of pyridine rings is 2. The quantitative estimate of drug-likeness (QED) is 0.460. The lowest BCUT2D eigenvalue weighted by atomic mass is 10.3. The summed E-state index contributed by atoms with van der Waals surface area (Å²) >= 11 is 5.93. The molecule has 0 bridgehead atoms. The van der Waals surface area contributed by atoms with E-state index >= 15 is 0 Å². The Morgan fingerprint density at radius 3 is 2.86 bits per heavy atom. The van der Waals surface area contributed by atoms with Crippen LogP contribution in [0.4, 0.5) is 0 Å². The molecule has 0 amide bonds. The molecule has 3 N–H and O–H groups in total. The van der Waals surface area contributed by atoms with Crippen LogP contribution in [0.15, 0.2) is 47.7 Å². The minimum absolute atomic E-state index is 0.381. The average molecular weight is 320 g/mol. The van der Waals surface area contributed by atoms with Crippen LogP contribution < -0.4 is 15.8 Å². The molecule has 116 valence electrons. The lowest BCUT2D eigenvalue weighted by molar-refractivity contribution is 0.310. The van der Waals surface area contributed by atoms with E-state index in [4.69, 9.17) is 22.1 Å². The lowest BCUT2D eigenvalue weighted by Gasteiger charge is -2.08. The number of nitrogens with one attached hydrogen (secondary N) is 1. The number of nitrogens with two attached hydrogens (primary N) is 1. The molecular weight excluding hydrogens is 302 g/mol. The number of guanidine groups is 1. The number of nitrogens with zero attached hydrogens (tertiary/aromatic N) is 3. The van der Waals surface area contributed by atoms with Crippen LogP contribution in [0.5, 0.6) is 5.88 Å². The Morgan fingerprint density at radius 1 is 1.23 bits per heavy atom. The number of rotatable bonds is 7. The van der Waals surface area contributed by atoms with Gasteiger partial charge in [0.15, 0.2) is 5.96 Å². The molecule has 2 rings (SSSR count). The van der Waals surface area contributed by atoms with Crippen molar-refractivity contribution in [2.24, 2.45) is 10.7 Å². The van der Waals surface area contributed by atoms with E-state index in [9.17, 15) is 0 Å². The molecule has 0 saturated heterocycles. The van der Waals surface area contributed by atoms with Crippen LogP contribution in [0, 0.1) is 0 Å². The average Bonchev–Trinajstić information content (AvgIpc) is 2.54. The summed E-state index contributed by atoms with van der Waals surface area (Å²) in [5.41, 5.74) is 6.76. The minimum Gasteiger partial charge on any atom is -0.475 e. The fourth-order valence-corrected chi connectivity index (χ4v) is 1.87. The number of aromatic nitrogens is 2. The maximum absolute atomic E-state index is 5.93. The Kier molecular flexibility index (Phi) is 6.44. The van der Waals surface area contributed by atoms with Crippen molar-refractivity contribution in [2.75, 3.05) is 19.7 Å². The Hall–Kier alpha value is -2.34.